The third kappa shape index (κ3) is 3.34. The molecule has 5 N–H and O–H groups in total. The second kappa shape index (κ2) is 4.30. The molecule has 1 aromatic rings. The first kappa shape index (κ1) is 12.2. The first-order valence-corrected chi connectivity index (χ1v) is 4.29. The molecule has 0 atom stereocenters. The van der Waals surface area contributed by atoms with Crippen LogP contribution in [0.5, 0.6) is 0 Å². The molecule has 0 radical (unpaired) electrons. The van der Waals surface area contributed by atoms with Crippen LogP contribution in [-0.2, 0) is 0 Å². The standard InChI is InChI=1S/C9H10F3N3O/c10-9(11,12)4-15-8(16)6-2-1-5(13)3-7(6)14/h1-3H,4,13-14H2,(H,15,16). The Morgan fingerprint density at radius 3 is 2.44 bits per heavy atom. The van der Waals surface area contributed by atoms with Crippen molar-refractivity contribution in [2.24, 2.45) is 0 Å². The van der Waals surface area contributed by atoms with E-state index in [1.165, 1.54) is 18.2 Å². The Hall–Kier alpha value is -1.92. The summed E-state index contributed by atoms with van der Waals surface area (Å²) < 4.78 is 35.5. The highest BCUT2D eigenvalue weighted by molar-refractivity contribution is 5.99. The average Bonchev–Trinajstić information content (AvgIpc) is 2.13. The molecule has 1 aromatic carbocycles. The minimum atomic E-state index is -4.45. The number of nitrogens with one attached hydrogen (secondary N) is 1. The highest BCUT2D eigenvalue weighted by atomic mass is 19.4. The maximum absolute atomic E-state index is 11.8. The number of rotatable bonds is 2. The van der Waals surface area contributed by atoms with Crippen LogP contribution in [0.15, 0.2) is 18.2 Å². The van der Waals surface area contributed by atoms with E-state index in [1.807, 2.05) is 0 Å². The number of nitrogens with two attached hydrogens (primary N) is 2. The number of benzene rings is 1. The first-order chi connectivity index (χ1) is 7.29. The quantitative estimate of drug-likeness (QED) is 0.670. The smallest absolute Gasteiger partial charge is 0.399 e. The zero-order valence-corrected chi connectivity index (χ0v) is 8.14. The van der Waals surface area contributed by atoms with Crippen molar-refractivity contribution in [3.05, 3.63) is 23.8 Å². The number of hydrogen-bond acceptors (Lipinski definition) is 3. The van der Waals surface area contributed by atoms with Crippen molar-refractivity contribution in [3.8, 4) is 0 Å². The maximum Gasteiger partial charge on any atom is 0.405 e. The van der Waals surface area contributed by atoms with Crippen molar-refractivity contribution in [1.29, 1.82) is 0 Å². The summed E-state index contributed by atoms with van der Waals surface area (Å²) in [6, 6.07) is 3.97. The molecule has 16 heavy (non-hydrogen) atoms. The lowest BCUT2D eigenvalue weighted by molar-refractivity contribution is -0.123. The monoisotopic (exact) mass is 233 g/mol. The van der Waals surface area contributed by atoms with Crippen molar-refractivity contribution in [3.63, 3.8) is 0 Å². The zero-order chi connectivity index (χ0) is 12.3. The van der Waals surface area contributed by atoms with Crippen molar-refractivity contribution >= 4 is 17.3 Å². The van der Waals surface area contributed by atoms with Crippen LogP contribution in [0.4, 0.5) is 24.5 Å². The van der Waals surface area contributed by atoms with Crippen LogP contribution >= 0.6 is 0 Å². The van der Waals surface area contributed by atoms with Gasteiger partial charge in [0, 0.05) is 11.4 Å². The number of amides is 1. The Morgan fingerprint density at radius 1 is 1.31 bits per heavy atom. The molecule has 1 amide bonds. The van der Waals surface area contributed by atoms with Gasteiger partial charge in [-0.2, -0.15) is 13.2 Å². The van der Waals surface area contributed by atoms with Crippen LogP contribution < -0.4 is 16.8 Å². The van der Waals surface area contributed by atoms with Crippen LogP contribution in [0, 0.1) is 0 Å². The van der Waals surface area contributed by atoms with Gasteiger partial charge in [-0.1, -0.05) is 0 Å². The number of nitrogen functional groups attached to an aromatic ring is 2. The minimum absolute atomic E-state index is 0.0292. The van der Waals surface area contributed by atoms with Crippen LogP contribution in [0.1, 0.15) is 10.4 Å². The van der Waals surface area contributed by atoms with Gasteiger partial charge in [-0.05, 0) is 18.2 Å². The fourth-order valence-electron chi connectivity index (χ4n) is 1.06. The zero-order valence-electron chi connectivity index (χ0n) is 8.14. The van der Waals surface area contributed by atoms with Gasteiger partial charge in [-0.3, -0.25) is 4.79 Å². The lowest BCUT2D eigenvalue weighted by Crippen LogP contribution is -2.34. The summed E-state index contributed by atoms with van der Waals surface area (Å²) in [4.78, 5) is 11.3. The molecule has 1 rings (SSSR count). The second-order valence-electron chi connectivity index (χ2n) is 3.14. The Morgan fingerprint density at radius 2 is 1.94 bits per heavy atom. The van der Waals surface area contributed by atoms with Crippen molar-refractivity contribution in [1.82, 2.24) is 5.32 Å². The van der Waals surface area contributed by atoms with E-state index >= 15 is 0 Å². The number of hydrogen-bond donors (Lipinski definition) is 3. The predicted molar refractivity (Wildman–Crippen MR) is 53.7 cm³/mol. The molecule has 0 saturated heterocycles. The lowest BCUT2D eigenvalue weighted by atomic mass is 10.1. The summed E-state index contributed by atoms with van der Waals surface area (Å²) in [5.41, 5.74) is 11.2. The van der Waals surface area contributed by atoms with Crippen molar-refractivity contribution in [2.75, 3.05) is 18.0 Å². The summed E-state index contributed by atoms with van der Waals surface area (Å²) in [5, 5.41) is 1.71. The topological polar surface area (TPSA) is 81.1 Å². The summed E-state index contributed by atoms with van der Waals surface area (Å²) in [6.45, 7) is -1.39. The average molecular weight is 233 g/mol. The SMILES string of the molecule is Nc1ccc(C(=O)NCC(F)(F)F)c(N)c1. The molecule has 0 aliphatic rings. The molecule has 7 heteroatoms. The number of anilines is 2. The van der Waals surface area contributed by atoms with E-state index in [4.69, 9.17) is 11.5 Å². The molecule has 88 valence electrons. The molecule has 0 aliphatic carbocycles. The van der Waals surface area contributed by atoms with E-state index in [0.717, 1.165) is 0 Å². The fraction of sp³-hybridized carbons (Fsp3) is 0.222. The van der Waals surface area contributed by atoms with Gasteiger partial charge in [-0.15, -0.1) is 0 Å². The molecular formula is C9H10F3N3O. The van der Waals surface area contributed by atoms with Gasteiger partial charge in [0.15, 0.2) is 0 Å². The van der Waals surface area contributed by atoms with Crippen LogP contribution in [-0.4, -0.2) is 18.6 Å². The predicted octanol–water partition coefficient (Wildman–Crippen LogP) is 1.14. The third-order valence-corrected chi connectivity index (χ3v) is 1.77. The molecule has 0 saturated carbocycles. The number of halogens is 3. The Labute approximate surface area is 89.4 Å². The summed E-state index contributed by atoms with van der Waals surface area (Å²) in [7, 11) is 0. The Balaban J connectivity index is 2.74. The van der Waals surface area contributed by atoms with Crippen molar-refractivity contribution in [2.45, 2.75) is 6.18 Å². The van der Waals surface area contributed by atoms with E-state index in [2.05, 4.69) is 0 Å². The first-order valence-electron chi connectivity index (χ1n) is 4.29. The van der Waals surface area contributed by atoms with Crippen LogP contribution in [0.25, 0.3) is 0 Å². The van der Waals surface area contributed by atoms with E-state index < -0.39 is 18.6 Å². The van der Waals surface area contributed by atoms with E-state index in [1.54, 1.807) is 5.32 Å². The number of alkyl halides is 3. The van der Waals surface area contributed by atoms with Gasteiger partial charge >= 0.3 is 6.18 Å². The largest absolute Gasteiger partial charge is 0.405 e. The van der Waals surface area contributed by atoms with Gasteiger partial charge in [0.1, 0.15) is 6.54 Å². The van der Waals surface area contributed by atoms with Crippen molar-refractivity contribution < 1.29 is 18.0 Å². The number of carbonyl (C=O) groups is 1. The lowest BCUT2D eigenvalue weighted by Gasteiger charge is -2.10. The van der Waals surface area contributed by atoms with Gasteiger partial charge in [0.25, 0.3) is 5.91 Å². The Kier molecular flexibility index (Phi) is 3.26. The molecule has 0 unspecified atom stereocenters. The van der Waals surface area contributed by atoms with Gasteiger partial charge in [0.05, 0.1) is 5.56 Å². The second-order valence-corrected chi connectivity index (χ2v) is 3.14. The van der Waals surface area contributed by atoms with E-state index in [9.17, 15) is 18.0 Å². The molecule has 0 aromatic heterocycles. The Bertz CT molecular complexity index is 403. The summed E-state index contributed by atoms with van der Waals surface area (Å²) in [5.74, 6) is -0.880. The van der Waals surface area contributed by atoms with E-state index in [0.29, 0.717) is 5.69 Å². The van der Waals surface area contributed by atoms with Crippen LogP contribution in [0.2, 0.25) is 0 Å². The van der Waals surface area contributed by atoms with E-state index in [-0.39, 0.29) is 11.3 Å². The molecule has 0 heterocycles. The maximum atomic E-state index is 11.8. The third-order valence-electron chi connectivity index (χ3n) is 1.77. The summed E-state index contributed by atoms with van der Waals surface area (Å²) in [6.07, 6.45) is -4.45. The van der Waals surface area contributed by atoms with Crippen LogP contribution in [0.3, 0.4) is 0 Å². The highest BCUT2D eigenvalue weighted by Crippen LogP contribution is 2.17. The molecule has 0 fully saturated rings. The molecule has 0 aliphatic heterocycles. The molecule has 0 bridgehead atoms. The van der Waals surface area contributed by atoms with Gasteiger partial charge in [-0.25, -0.2) is 0 Å². The van der Waals surface area contributed by atoms with Gasteiger partial charge in [0.2, 0.25) is 0 Å². The molecule has 4 nitrogen and oxygen atoms in total. The normalized spacial score (nSPS) is 11.2. The molecule has 0 spiro atoms. The summed E-state index contributed by atoms with van der Waals surface area (Å²) >= 11 is 0. The minimum Gasteiger partial charge on any atom is -0.399 e. The highest BCUT2D eigenvalue weighted by Gasteiger charge is 2.28. The van der Waals surface area contributed by atoms with Gasteiger partial charge < -0.3 is 16.8 Å². The fourth-order valence-corrected chi connectivity index (χ4v) is 1.06. The molecular weight excluding hydrogens is 223 g/mol. The number of carbonyl (C=O) groups excluding carboxylic acids is 1.